The van der Waals surface area contributed by atoms with Crippen molar-refractivity contribution in [3.8, 4) is 0 Å². The average molecular weight is 348 g/mol. The van der Waals surface area contributed by atoms with Gasteiger partial charge in [-0.2, -0.15) is 0 Å². The first kappa shape index (κ1) is 15.7. The highest BCUT2D eigenvalue weighted by Gasteiger charge is 2.18. The van der Waals surface area contributed by atoms with Crippen molar-refractivity contribution in [1.29, 1.82) is 0 Å². The molecule has 1 atom stereocenters. The highest BCUT2D eigenvalue weighted by molar-refractivity contribution is 7.24. The van der Waals surface area contributed by atoms with E-state index >= 15 is 0 Å². The molecule has 0 bridgehead atoms. The van der Waals surface area contributed by atoms with Gasteiger partial charge in [0.1, 0.15) is 16.0 Å². The fourth-order valence-corrected chi connectivity index (χ4v) is 4.29. The molecule has 5 heteroatoms. The molecule has 25 heavy (non-hydrogen) atoms. The number of aromatic nitrogens is 2. The van der Waals surface area contributed by atoms with Crippen LogP contribution in [0.5, 0.6) is 0 Å². The van der Waals surface area contributed by atoms with Gasteiger partial charge in [0.25, 0.3) is 5.56 Å². The Kier molecular flexibility index (Phi) is 3.73. The van der Waals surface area contributed by atoms with E-state index < -0.39 is 0 Å². The zero-order valence-electron chi connectivity index (χ0n) is 13.9. The number of benzene rings is 2. The van der Waals surface area contributed by atoms with Crippen LogP contribution >= 0.6 is 11.3 Å². The number of nitrogens with zero attached hydrogens (tertiary/aromatic N) is 2. The van der Waals surface area contributed by atoms with E-state index in [9.17, 15) is 9.59 Å². The van der Waals surface area contributed by atoms with Gasteiger partial charge in [-0.05, 0) is 31.5 Å². The van der Waals surface area contributed by atoms with Crippen LogP contribution < -0.4 is 11.0 Å². The van der Waals surface area contributed by atoms with E-state index in [0.29, 0.717) is 16.0 Å². The predicted molar refractivity (Wildman–Crippen MR) is 103 cm³/mol. The summed E-state index contributed by atoms with van der Waals surface area (Å²) in [7, 11) is 0. The SMILES string of the molecule is Cc1nc2sc3ccccc3c(=O)c2c(=O)n1C(C)c1ccccc1. The molecule has 0 saturated heterocycles. The maximum atomic E-state index is 13.2. The second kappa shape index (κ2) is 5.93. The highest BCUT2D eigenvalue weighted by atomic mass is 32.1. The molecule has 0 saturated carbocycles. The van der Waals surface area contributed by atoms with Crippen LogP contribution in [0.15, 0.2) is 64.2 Å². The lowest BCUT2D eigenvalue weighted by Crippen LogP contribution is -2.30. The fourth-order valence-electron chi connectivity index (χ4n) is 3.20. The van der Waals surface area contributed by atoms with Crippen LogP contribution in [0.2, 0.25) is 0 Å². The highest BCUT2D eigenvalue weighted by Crippen LogP contribution is 2.23. The van der Waals surface area contributed by atoms with Gasteiger partial charge < -0.3 is 0 Å². The van der Waals surface area contributed by atoms with Gasteiger partial charge in [0, 0.05) is 10.1 Å². The smallest absolute Gasteiger partial charge is 0.266 e. The van der Waals surface area contributed by atoms with Gasteiger partial charge in [0.05, 0.1) is 6.04 Å². The van der Waals surface area contributed by atoms with E-state index in [1.54, 1.807) is 10.6 Å². The number of hydrogen-bond acceptors (Lipinski definition) is 4. The molecule has 0 N–H and O–H groups in total. The van der Waals surface area contributed by atoms with E-state index in [1.165, 1.54) is 11.3 Å². The lowest BCUT2D eigenvalue weighted by atomic mass is 10.1. The summed E-state index contributed by atoms with van der Waals surface area (Å²) in [6.45, 7) is 3.76. The van der Waals surface area contributed by atoms with Crippen LogP contribution in [0.4, 0.5) is 0 Å². The monoisotopic (exact) mass is 348 g/mol. The Morgan fingerprint density at radius 3 is 2.44 bits per heavy atom. The second-order valence-corrected chi connectivity index (χ2v) is 7.06. The minimum Gasteiger partial charge on any atom is -0.289 e. The molecule has 0 aliphatic carbocycles. The third-order valence-electron chi connectivity index (χ3n) is 4.49. The van der Waals surface area contributed by atoms with Crippen molar-refractivity contribution in [2.45, 2.75) is 19.9 Å². The van der Waals surface area contributed by atoms with Crippen LogP contribution in [0.3, 0.4) is 0 Å². The minimum absolute atomic E-state index is 0.178. The van der Waals surface area contributed by atoms with Crippen LogP contribution in [0, 0.1) is 6.92 Å². The largest absolute Gasteiger partial charge is 0.289 e. The lowest BCUT2D eigenvalue weighted by Gasteiger charge is -2.18. The van der Waals surface area contributed by atoms with Crippen LogP contribution in [0.1, 0.15) is 24.4 Å². The van der Waals surface area contributed by atoms with Gasteiger partial charge in [-0.3, -0.25) is 14.2 Å². The molecule has 0 aliphatic rings. The zero-order valence-corrected chi connectivity index (χ0v) is 14.7. The van der Waals surface area contributed by atoms with Crippen LogP contribution in [0.25, 0.3) is 20.3 Å². The van der Waals surface area contributed by atoms with Crippen molar-refractivity contribution in [1.82, 2.24) is 9.55 Å². The van der Waals surface area contributed by atoms with Gasteiger partial charge in [-0.1, -0.05) is 42.5 Å². The van der Waals surface area contributed by atoms with E-state index in [2.05, 4.69) is 4.98 Å². The summed E-state index contributed by atoms with van der Waals surface area (Å²) in [5.74, 6) is 0.611. The first-order chi connectivity index (χ1) is 12.1. The molecule has 2 heterocycles. The van der Waals surface area contributed by atoms with Crippen molar-refractivity contribution in [3.63, 3.8) is 0 Å². The van der Waals surface area contributed by atoms with Gasteiger partial charge in [-0.25, -0.2) is 4.98 Å². The third kappa shape index (κ3) is 2.48. The van der Waals surface area contributed by atoms with E-state index in [4.69, 9.17) is 0 Å². The van der Waals surface area contributed by atoms with Gasteiger partial charge in [0.15, 0.2) is 0 Å². The quantitative estimate of drug-likeness (QED) is 0.517. The number of aryl methyl sites for hydroxylation is 1. The van der Waals surface area contributed by atoms with Crippen molar-refractivity contribution in [3.05, 3.63) is 86.6 Å². The summed E-state index contributed by atoms with van der Waals surface area (Å²) < 4.78 is 2.46. The zero-order chi connectivity index (χ0) is 17.6. The Balaban J connectivity index is 2.07. The molecule has 4 aromatic rings. The maximum Gasteiger partial charge on any atom is 0.266 e. The first-order valence-electron chi connectivity index (χ1n) is 8.07. The van der Waals surface area contributed by atoms with Crippen molar-refractivity contribution in [2.24, 2.45) is 0 Å². The molecular weight excluding hydrogens is 332 g/mol. The summed E-state index contributed by atoms with van der Waals surface area (Å²) in [5.41, 5.74) is 0.493. The number of rotatable bonds is 2. The summed E-state index contributed by atoms with van der Waals surface area (Å²) in [4.78, 5) is 31.1. The van der Waals surface area contributed by atoms with Gasteiger partial charge >= 0.3 is 0 Å². The van der Waals surface area contributed by atoms with Crippen molar-refractivity contribution >= 4 is 31.6 Å². The second-order valence-electron chi connectivity index (χ2n) is 6.03. The molecule has 0 amide bonds. The summed E-state index contributed by atoms with van der Waals surface area (Å²) >= 11 is 1.39. The standard InChI is InChI=1S/C20H16N2O2S/c1-12(14-8-4-3-5-9-14)22-13(2)21-19-17(20(22)24)18(23)15-10-6-7-11-16(15)25-19/h3-12H,1-2H3. The minimum atomic E-state index is -0.272. The van der Waals surface area contributed by atoms with Crippen molar-refractivity contribution in [2.75, 3.05) is 0 Å². The summed E-state index contributed by atoms with van der Waals surface area (Å²) in [6, 6.07) is 16.9. The first-order valence-corrected chi connectivity index (χ1v) is 8.89. The molecule has 0 radical (unpaired) electrons. The molecule has 0 fully saturated rings. The Morgan fingerprint density at radius 1 is 1.00 bits per heavy atom. The van der Waals surface area contributed by atoms with E-state index in [1.807, 2.05) is 62.4 Å². The maximum absolute atomic E-state index is 13.2. The van der Waals surface area contributed by atoms with E-state index in [-0.39, 0.29) is 22.4 Å². The molecule has 124 valence electrons. The summed E-state index contributed by atoms with van der Waals surface area (Å²) in [5, 5.41) is 0.749. The van der Waals surface area contributed by atoms with Crippen molar-refractivity contribution < 1.29 is 0 Å². The molecule has 2 aromatic heterocycles. The number of hydrogen-bond donors (Lipinski definition) is 0. The normalized spacial score (nSPS) is 12.6. The molecule has 0 aliphatic heterocycles. The fraction of sp³-hybridized carbons (Fsp3) is 0.150. The van der Waals surface area contributed by atoms with Crippen LogP contribution in [-0.4, -0.2) is 9.55 Å². The van der Waals surface area contributed by atoms with Crippen LogP contribution in [-0.2, 0) is 0 Å². The molecule has 4 rings (SSSR count). The Hall–Kier alpha value is -2.79. The Morgan fingerprint density at radius 2 is 1.68 bits per heavy atom. The summed E-state index contributed by atoms with van der Waals surface area (Å²) in [6.07, 6.45) is 0. The molecule has 0 spiro atoms. The molecule has 4 nitrogen and oxygen atoms in total. The molecule has 1 unspecified atom stereocenters. The molecule has 2 aromatic carbocycles. The predicted octanol–water partition coefficient (Wildman–Crippen LogP) is 3.89. The Labute approximate surface area is 148 Å². The molecular formula is C20H16N2O2S. The average Bonchev–Trinajstić information content (AvgIpc) is 2.62. The topological polar surface area (TPSA) is 52.0 Å². The van der Waals surface area contributed by atoms with Gasteiger partial charge in [0.2, 0.25) is 5.43 Å². The third-order valence-corrected chi connectivity index (χ3v) is 5.56. The van der Waals surface area contributed by atoms with E-state index in [0.717, 1.165) is 10.3 Å². The number of fused-ring (bicyclic) bond motifs is 2. The van der Waals surface area contributed by atoms with Gasteiger partial charge in [-0.15, -0.1) is 11.3 Å². The lowest BCUT2D eigenvalue weighted by molar-refractivity contribution is 0.588. The Bertz CT molecular complexity index is 1210.